The number of hydrogen-bond donors (Lipinski definition) is 0. The zero-order valence-electron chi connectivity index (χ0n) is 40.6. The molecule has 2 aliphatic rings. The van der Waals surface area contributed by atoms with Gasteiger partial charge in [-0.15, -0.1) is 22.7 Å². The van der Waals surface area contributed by atoms with E-state index in [1.807, 2.05) is 22.7 Å². The van der Waals surface area contributed by atoms with E-state index in [0.29, 0.717) is 0 Å². The van der Waals surface area contributed by atoms with E-state index in [2.05, 4.69) is 232 Å². The number of rotatable bonds is 4. The van der Waals surface area contributed by atoms with Crippen molar-refractivity contribution < 1.29 is 0 Å². The Morgan fingerprint density at radius 3 is 1.77 bits per heavy atom. The van der Waals surface area contributed by atoms with Crippen LogP contribution in [-0.4, -0.2) is 6.71 Å². The molecule has 66 heavy (non-hydrogen) atoms. The monoisotopic (exact) mass is 894 g/mol. The molecule has 0 saturated carbocycles. The van der Waals surface area contributed by atoms with Gasteiger partial charge in [0.1, 0.15) is 0 Å². The normalized spacial score (nSPS) is 13.7. The zero-order valence-corrected chi connectivity index (χ0v) is 42.2. The van der Waals surface area contributed by atoms with E-state index >= 15 is 0 Å². The molecule has 0 bridgehead atoms. The quantitative estimate of drug-likeness (QED) is 0.162. The van der Waals surface area contributed by atoms with Gasteiger partial charge in [0, 0.05) is 36.9 Å². The predicted octanol–water partition coefficient (Wildman–Crippen LogP) is 16.4. The molecule has 328 valence electrons. The minimum absolute atomic E-state index is 0.000978. The first-order valence-corrected chi connectivity index (χ1v) is 25.2. The van der Waals surface area contributed by atoms with Crippen LogP contribution in [0.25, 0.3) is 41.7 Å². The van der Waals surface area contributed by atoms with Crippen LogP contribution < -0.4 is 26.2 Å². The van der Waals surface area contributed by atoms with Gasteiger partial charge in [-0.25, -0.2) is 0 Å². The highest BCUT2D eigenvalue weighted by atomic mass is 32.1. The van der Waals surface area contributed by atoms with Gasteiger partial charge in [-0.1, -0.05) is 153 Å². The molecule has 2 nitrogen and oxygen atoms in total. The van der Waals surface area contributed by atoms with Gasteiger partial charge in [-0.2, -0.15) is 0 Å². The Labute approximate surface area is 400 Å². The number of benzene rings is 7. The molecule has 7 aromatic carbocycles. The summed E-state index contributed by atoms with van der Waals surface area (Å²) in [6, 6.07) is 54.0. The van der Waals surface area contributed by atoms with Crippen molar-refractivity contribution in [2.45, 2.75) is 99.3 Å². The number of thiophene rings is 2. The standard InChI is InChI=1S/C61H59BN2S2/c1-36-28-50-56-51(29-36)64(57-37(2)30-44(31-38(57)3)61(10,11)12)58-55(46-35-43(60(7,8)9)24-27-53(46)66-58)62(56)47-25-22-41(54-33-40-20-16-17-21-52(40)65-54)32-49(47)63(50)48-26-23-42(59(4,5)6)34-45(48)39-18-14-13-15-19-39/h13-35H,1-12H3. The van der Waals surface area contributed by atoms with Crippen LogP contribution in [0.15, 0.2) is 140 Å². The first-order valence-electron chi connectivity index (χ1n) is 23.6. The summed E-state index contributed by atoms with van der Waals surface area (Å²) < 4.78 is 2.65. The summed E-state index contributed by atoms with van der Waals surface area (Å²) in [6.07, 6.45) is 0. The highest BCUT2D eigenvalue weighted by molar-refractivity contribution is 7.26. The lowest BCUT2D eigenvalue weighted by Gasteiger charge is -2.44. The predicted molar refractivity (Wildman–Crippen MR) is 292 cm³/mol. The molecule has 0 radical (unpaired) electrons. The SMILES string of the molecule is Cc1cc2c3c(c1)N(c1c(C)cc(C(C)(C)C)cc1C)c1sc4ccc(C(C)(C)C)cc4c1B3c1ccc(-c3cc4ccccc4s3)cc1N2c1ccc(C(C)(C)C)cc1-c1ccccc1. The highest BCUT2D eigenvalue weighted by Crippen LogP contribution is 2.52. The van der Waals surface area contributed by atoms with Gasteiger partial charge in [0.2, 0.25) is 0 Å². The molecule has 2 aromatic heterocycles. The van der Waals surface area contributed by atoms with Crippen LogP contribution in [-0.2, 0) is 16.2 Å². The fourth-order valence-electron chi connectivity index (χ4n) is 10.7. The summed E-state index contributed by atoms with van der Waals surface area (Å²) in [6.45, 7) is 28.0. The minimum atomic E-state index is -0.0229. The maximum Gasteiger partial charge on any atom is 0.254 e. The van der Waals surface area contributed by atoms with Gasteiger partial charge < -0.3 is 9.80 Å². The van der Waals surface area contributed by atoms with Gasteiger partial charge in [0.25, 0.3) is 6.71 Å². The molecule has 9 aromatic rings. The molecule has 0 unspecified atom stereocenters. The smallest absolute Gasteiger partial charge is 0.254 e. The molecule has 5 heteroatoms. The maximum atomic E-state index is 2.67. The maximum absolute atomic E-state index is 2.67. The van der Waals surface area contributed by atoms with Crippen molar-refractivity contribution in [1.82, 2.24) is 0 Å². The first-order chi connectivity index (χ1) is 31.3. The summed E-state index contributed by atoms with van der Waals surface area (Å²) in [7, 11) is 0. The number of aryl methyl sites for hydroxylation is 3. The number of fused-ring (bicyclic) bond motifs is 7. The highest BCUT2D eigenvalue weighted by Gasteiger charge is 2.46. The summed E-state index contributed by atoms with van der Waals surface area (Å²) in [5.41, 5.74) is 22.0. The summed E-state index contributed by atoms with van der Waals surface area (Å²) in [5.74, 6) is 0. The lowest BCUT2D eigenvalue weighted by Crippen LogP contribution is -2.61. The van der Waals surface area contributed by atoms with Crippen molar-refractivity contribution in [2.24, 2.45) is 0 Å². The molecule has 0 amide bonds. The van der Waals surface area contributed by atoms with Gasteiger partial charge in [-0.05, 0) is 157 Å². The fourth-order valence-corrected chi connectivity index (χ4v) is 13.0. The van der Waals surface area contributed by atoms with E-state index in [1.165, 1.54) is 125 Å². The van der Waals surface area contributed by atoms with Crippen molar-refractivity contribution in [3.05, 3.63) is 173 Å². The minimum Gasteiger partial charge on any atom is -0.311 e. The van der Waals surface area contributed by atoms with Gasteiger partial charge in [0.15, 0.2) is 0 Å². The molecular weight excluding hydrogens is 836 g/mol. The number of anilines is 6. The van der Waals surface area contributed by atoms with E-state index < -0.39 is 0 Å². The molecule has 0 atom stereocenters. The van der Waals surface area contributed by atoms with E-state index in [0.717, 1.165) is 0 Å². The average molecular weight is 895 g/mol. The van der Waals surface area contributed by atoms with Crippen LogP contribution in [0.5, 0.6) is 0 Å². The molecular formula is C61H59BN2S2. The average Bonchev–Trinajstić information content (AvgIpc) is 3.88. The number of hydrogen-bond acceptors (Lipinski definition) is 4. The molecule has 0 fully saturated rings. The molecule has 0 aliphatic carbocycles. The zero-order chi connectivity index (χ0) is 46.2. The Bertz CT molecular complexity index is 3370. The Kier molecular flexibility index (Phi) is 9.76. The lowest BCUT2D eigenvalue weighted by molar-refractivity contribution is 0.589. The summed E-state index contributed by atoms with van der Waals surface area (Å²) in [5, 5.41) is 3.98. The molecule has 4 heterocycles. The third-order valence-electron chi connectivity index (χ3n) is 14.2. The van der Waals surface area contributed by atoms with Crippen LogP contribution in [0.3, 0.4) is 0 Å². The molecule has 11 rings (SSSR count). The Morgan fingerprint density at radius 1 is 0.455 bits per heavy atom. The van der Waals surface area contributed by atoms with Gasteiger partial charge in [0.05, 0.1) is 16.4 Å². The van der Waals surface area contributed by atoms with E-state index in [9.17, 15) is 0 Å². The second kappa shape index (κ2) is 15.1. The summed E-state index contributed by atoms with van der Waals surface area (Å²) >= 11 is 3.85. The Balaban J connectivity index is 1.27. The van der Waals surface area contributed by atoms with Crippen LogP contribution in [0.2, 0.25) is 0 Å². The Hall–Kier alpha value is -5.88. The van der Waals surface area contributed by atoms with Gasteiger partial charge in [-0.3, -0.25) is 0 Å². The van der Waals surface area contributed by atoms with Crippen molar-refractivity contribution in [3.8, 4) is 21.6 Å². The van der Waals surface area contributed by atoms with Crippen LogP contribution in [0.4, 0.5) is 33.4 Å². The molecule has 0 N–H and O–H groups in total. The molecule has 0 saturated heterocycles. The van der Waals surface area contributed by atoms with Crippen LogP contribution >= 0.6 is 22.7 Å². The van der Waals surface area contributed by atoms with Crippen LogP contribution in [0, 0.1) is 20.8 Å². The van der Waals surface area contributed by atoms with Crippen molar-refractivity contribution in [3.63, 3.8) is 0 Å². The lowest BCUT2D eigenvalue weighted by atomic mass is 9.33. The van der Waals surface area contributed by atoms with E-state index in [1.54, 1.807) is 0 Å². The third kappa shape index (κ3) is 6.87. The van der Waals surface area contributed by atoms with Crippen LogP contribution in [0.1, 0.15) is 95.7 Å². The van der Waals surface area contributed by atoms with Crippen molar-refractivity contribution in [1.29, 1.82) is 0 Å². The molecule has 2 aliphatic heterocycles. The molecule has 0 spiro atoms. The first kappa shape index (κ1) is 42.7. The second-order valence-corrected chi connectivity index (χ2v) is 24.2. The van der Waals surface area contributed by atoms with E-state index in [-0.39, 0.29) is 23.0 Å². The van der Waals surface area contributed by atoms with Gasteiger partial charge >= 0.3 is 0 Å². The number of nitrogens with zero attached hydrogens (tertiary/aromatic N) is 2. The van der Waals surface area contributed by atoms with Crippen molar-refractivity contribution in [2.75, 3.05) is 9.80 Å². The Morgan fingerprint density at radius 2 is 1.09 bits per heavy atom. The largest absolute Gasteiger partial charge is 0.311 e. The summed E-state index contributed by atoms with van der Waals surface area (Å²) in [4.78, 5) is 6.60. The third-order valence-corrected chi connectivity index (χ3v) is 16.5. The van der Waals surface area contributed by atoms with E-state index in [4.69, 9.17) is 0 Å². The fraction of sp³-hybridized carbons (Fsp3) is 0.246. The topological polar surface area (TPSA) is 6.48 Å². The second-order valence-electron chi connectivity index (χ2n) is 22.1. The van der Waals surface area contributed by atoms with Crippen molar-refractivity contribution >= 4 is 99.4 Å².